The maximum atomic E-state index is 12.4. The first-order chi connectivity index (χ1) is 14.2. The summed E-state index contributed by atoms with van der Waals surface area (Å²) in [4.78, 5) is 24.2. The van der Waals surface area contributed by atoms with Crippen LogP contribution in [0.1, 0.15) is 33.2 Å². The van der Waals surface area contributed by atoms with Gasteiger partial charge in [-0.2, -0.15) is 0 Å². The summed E-state index contributed by atoms with van der Waals surface area (Å²) in [5.74, 6) is 0.378. The zero-order valence-corrected chi connectivity index (χ0v) is 16.4. The van der Waals surface area contributed by atoms with Crippen molar-refractivity contribution < 1.29 is 14.3 Å². The number of carbonyl (C=O) groups is 2. The number of amides is 2. The van der Waals surface area contributed by atoms with Crippen molar-refractivity contribution in [3.05, 3.63) is 95.6 Å². The van der Waals surface area contributed by atoms with Crippen molar-refractivity contribution in [2.45, 2.75) is 13.3 Å². The van der Waals surface area contributed by atoms with E-state index in [4.69, 9.17) is 4.74 Å². The largest absolute Gasteiger partial charge is 0.493 e. The molecule has 0 heterocycles. The van der Waals surface area contributed by atoms with Crippen LogP contribution in [-0.2, 0) is 6.42 Å². The van der Waals surface area contributed by atoms with Crippen LogP contribution >= 0.6 is 0 Å². The Balaban J connectivity index is 1.51. The van der Waals surface area contributed by atoms with E-state index in [1.54, 1.807) is 48.5 Å². The molecule has 3 aromatic carbocycles. The lowest BCUT2D eigenvalue weighted by Gasteiger charge is -2.09. The molecule has 3 rings (SSSR count). The Kier molecular flexibility index (Phi) is 7.00. The predicted octanol–water partition coefficient (Wildman–Crippen LogP) is 4.31. The molecule has 2 N–H and O–H groups in total. The van der Waals surface area contributed by atoms with Crippen LogP contribution in [0.3, 0.4) is 0 Å². The Morgan fingerprint density at radius 2 is 1.41 bits per heavy atom. The predicted molar refractivity (Wildman–Crippen MR) is 114 cm³/mol. The summed E-state index contributed by atoms with van der Waals surface area (Å²) in [6.45, 7) is 3.02. The number of carbonyl (C=O) groups excluding carboxylic acids is 2. The molecule has 5 heteroatoms. The van der Waals surface area contributed by atoms with E-state index in [2.05, 4.69) is 22.8 Å². The quantitative estimate of drug-likeness (QED) is 0.604. The molecular weight excluding hydrogens is 364 g/mol. The van der Waals surface area contributed by atoms with Gasteiger partial charge in [-0.3, -0.25) is 9.59 Å². The van der Waals surface area contributed by atoms with Crippen molar-refractivity contribution >= 4 is 17.5 Å². The second-order valence-electron chi connectivity index (χ2n) is 6.50. The van der Waals surface area contributed by atoms with Crippen LogP contribution in [0.4, 0.5) is 5.69 Å². The number of anilines is 1. The molecule has 0 atom stereocenters. The zero-order chi connectivity index (χ0) is 20.5. The number of hydrogen-bond acceptors (Lipinski definition) is 3. The third kappa shape index (κ3) is 5.94. The van der Waals surface area contributed by atoms with Gasteiger partial charge in [0.25, 0.3) is 11.8 Å². The van der Waals surface area contributed by atoms with Crippen molar-refractivity contribution in [1.29, 1.82) is 0 Å². The van der Waals surface area contributed by atoms with E-state index in [0.717, 1.165) is 12.2 Å². The highest BCUT2D eigenvalue weighted by Gasteiger charge is 2.08. The van der Waals surface area contributed by atoms with E-state index in [1.807, 2.05) is 25.1 Å². The number of ether oxygens (including phenoxy) is 1. The fourth-order valence-electron chi connectivity index (χ4n) is 2.80. The lowest BCUT2D eigenvalue weighted by molar-refractivity contribution is 0.0955. The van der Waals surface area contributed by atoms with Gasteiger partial charge in [-0.1, -0.05) is 30.3 Å². The standard InChI is InChI=1S/C24H24N2O3/c1-2-25-23(27)19-8-12-21(13-9-19)26-24(28)20-10-14-22(15-11-20)29-17-16-18-6-4-3-5-7-18/h3-15H,2,16-17H2,1H3,(H,25,27)(H,26,28). The number of hydrogen-bond donors (Lipinski definition) is 2. The summed E-state index contributed by atoms with van der Waals surface area (Å²) in [7, 11) is 0. The van der Waals surface area contributed by atoms with Gasteiger partial charge in [-0.15, -0.1) is 0 Å². The van der Waals surface area contributed by atoms with Crippen molar-refractivity contribution in [3.8, 4) is 5.75 Å². The van der Waals surface area contributed by atoms with Crippen LogP contribution in [0.2, 0.25) is 0 Å². The topological polar surface area (TPSA) is 67.4 Å². The summed E-state index contributed by atoms with van der Waals surface area (Å²) in [5, 5.41) is 5.57. The Morgan fingerprint density at radius 3 is 2.07 bits per heavy atom. The first-order valence-corrected chi connectivity index (χ1v) is 9.62. The third-order valence-electron chi connectivity index (χ3n) is 4.36. The first kappa shape index (κ1) is 20.1. The molecule has 0 aliphatic rings. The van der Waals surface area contributed by atoms with E-state index in [0.29, 0.717) is 30.0 Å². The Hall–Kier alpha value is -3.60. The monoisotopic (exact) mass is 388 g/mol. The van der Waals surface area contributed by atoms with Crippen molar-refractivity contribution in [2.75, 3.05) is 18.5 Å². The first-order valence-electron chi connectivity index (χ1n) is 9.62. The van der Waals surface area contributed by atoms with Crippen molar-refractivity contribution in [2.24, 2.45) is 0 Å². The van der Waals surface area contributed by atoms with Gasteiger partial charge in [0.15, 0.2) is 0 Å². The second kappa shape index (κ2) is 10.1. The van der Waals surface area contributed by atoms with Gasteiger partial charge < -0.3 is 15.4 Å². The lowest BCUT2D eigenvalue weighted by Crippen LogP contribution is -2.22. The van der Waals surface area contributed by atoms with Crippen LogP contribution in [-0.4, -0.2) is 25.0 Å². The van der Waals surface area contributed by atoms with Crippen molar-refractivity contribution in [3.63, 3.8) is 0 Å². The van der Waals surface area contributed by atoms with Gasteiger partial charge in [0.05, 0.1) is 6.61 Å². The number of benzene rings is 3. The van der Waals surface area contributed by atoms with E-state index >= 15 is 0 Å². The average Bonchev–Trinajstić information content (AvgIpc) is 2.75. The molecule has 2 amide bonds. The van der Waals surface area contributed by atoms with Gasteiger partial charge in [-0.25, -0.2) is 0 Å². The molecule has 148 valence electrons. The molecule has 0 unspecified atom stereocenters. The summed E-state index contributed by atoms with van der Waals surface area (Å²) < 4.78 is 5.75. The van der Waals surface area contributed by atoms with E-state index in [9.17, 15) is 9.59 Å². The SMILES string of the molecule is CCNC(=O)c1ccc(NC(=O)c2ccc(OCCc3ccccc3)cc2)cc1. The van der Waals surface area contributed by atoms with Crippen LogP contribution in [0.5, 0.6) is 5.75 Å². The van der Waals surface area contributed by atoms with Gasteiger partial charge in [0, 0.05) is 29.8 Å². The molecular formula is C24H24N2O3. The molecule has 3 aromatic rings. The molecule has 0 radical (unpaired) electrons. The molecule has 0 aromatic heterocycles. The second-order valence-corrected chi connectivity index (χ2v) is 6.50. The maximum Gasteiger partial charge on any atom is 0.255 e. The molecule has 0 bridgehead atoms. The molecule has 0 saturated heterocycles. The smallest absolute Gasteiger partial charge is 0.255 e. The van der Waals surface area contributed by atoms with Gasteiger partial charge in [0.2, 0.25) is 0 Å². The summed E-state index contributed by atoms with van der Waals surface area (Å²) in [6.07, 6.45) is 0.829. The highest BCUT2D eigenvalue weighted by atomic mass is 16.5. The Bertz CT molecular complexity index is 936. The molecule has 29 heavy (non-hydrogen) atoms. The van der Waals surface area contributed by atoms with Gasteiger partial charge in [0.1, 0.15) is 5.75 Å². The Morgan fingerprint density at radius 1 is 0.793 bits per heavy atom. The summed E-state index contributed by atoms with van der Waals surface area (Å²) in [5.41, 5.74) is 2.95. The minimum Gasteiger partial charge on any atom is -0.493 e. The molecule has 0 saturated carbocycles. The summed E-state index contributed by atoms with van der Waals surface area (Å²) >= 11 is 0. The van der Waals surface area contributed by atoms with Crippen LogP contribution in [0, 0.1) is 0 Å². The fourth-order valence-corrected chi connectivity index (χ4v) is 2.80. The maximum absolute atomic E-state index is 12.4. The Labute approximate surface area is 170 Å². The number of nitrogens with one attached hydrogen (secondary N) is 2. The van der Waals surface area contributed by atoms with E-state index < -0.39 is 0 Å². The van der Waals surface area contributed by atoms with Crippen LogP contribution in [0.25, 0.3) is 0 Å². The molecule has 5 nitrogen and oxygen atoms in total. The minimum absolute atomic E-state index is 0.131. The number of rotatable bonds is 8. The zero-order valence-electron chi connectivity index (χ0n) is 16.4. The molecule has 0 aliphatic heterocycles. The van der Waals surface area contributed by atoms with Crippen LogP contribution in [0.15, 0.2) is 78.9 Å². The van der Waals surface area contributed by atoms with E-state index in [1.165, 1.54) is 5.56 Å². The molecule has 0 spiro atoms. The fraction of sp³-hybridized carbons (Fsp3) is 0.167. The minimum atomic E-state index is -0.216. The highest BCUT2D eigenvalue weighted by Crippen LogP contribution is 2.15. The van der Waals surface area contributed by atoms with Gasteiger partial charge >= 0.3 is 0 Å². The van der Waals surface area contributed by atoms with Gasteiger partial charge in [-0.05, 0) is 61.0 Å². The lowest BCUT2D eigenvalue weighted by atomic mass is 10.1. The highest BCUT2D eigenvalue weighted by molar-refractivity contribution is 6.04. The average molecular weight is 388 g/mol. The summed E-state index contributed by atoms with van der Waals surface area (Å²) in [6, 6.07) is 24.0. The molecule has 0 fully saturated rings. The normalized spacial score (nSPS) is 10.2. The van der Waals surface area contributed by atoms with E-state index in [-0.39, 0.29) is 11.8 Å². The van der Waals surface area contributed by atoms with Crippen molar-refractivity contribution in [1.82, 2.24) is 5.32 Å². The third-order valence-corrected chi connectivity index (χ3v) is 4.36. The van der Waals surface area contributed by atoms with Crippen LogP contribution < -0.4 is 15.4 Å². The molecule has 0 aliphatic carbocycles.